The van der Waals surface area contributed by atoms with Crippen LogP contribution in [0.2, 0.25) is 0 Å². The molecule has 0 aliphatic carbocycles. The lowest BCUT2D eigenvalue weighted by Gasteiger charge is -2.46. The number of benzene rings is 1. The van der Waals surface area contributed by atoms with Crippen LogP contribution in [-0.4, -0.2) is 76.8 Å². The van der Waals surface area contributed by atoms with Gasteiger partial charge in [-0.3, -0.25) is 9.69 Å². The van der Waals surface area contributed by atoms with Gasteiger partial charge in [-0.15, -0.1) is 11.8 Å². The summed E-state index contributed by atoms with van der Waals surface area (Å²) >= 11 is 1.41. The molecule has 2 saturated heterocycles. The Labute approximate surface area is 214 Å². The van der Waals surface area contributed by atoms with Crippen molar-refractivity contribution in [2.45, 2.75) is 50.3 Å². The van der Waals surface area contributed by atoms with E-state index in [1.54, 1.807) is 19.1 Å². The first kappa shape index (κ1) is 26.6. The van der Waals surface area contributed by atoms with E-state index < -0.39 is 28.2 Å². The van der Waals surface area contributed by atoms with Gasteiger partial charge >= 0.3 is 5.97 Å². The third kappa shape index (κ3) is 5.15. The summed E-state index contributed by atoms with van der Waals surface area (Å²) in [5.41, 5.74) is 1.47. The van der Waals surface area contributed by atoms with Crippen LogP contribution >= 0.6 is 11.8 Å². The number of nitrogens with two attached hydrogens (primary N) is 1. The minimum Gasteiger partial charge on any atom is -0.477 e. The van der Waals surface area contributed by atoms with Gasteiger partial charge in [0.05, 0.1) is 29.7 Å². The van der Waals surface area contributed by atoms with Crippen LogP contribution in [0.25, 0.3) is 0 Å². The first-order valence-corrected chi connectivity index (χ1v) is 14.0. The maximum absolute atomic E-state index is 12.6. The van der Waals surface area contributed by atoms with Crippen molar-refractivity contribution < 1.29 is 28.2 Å². The van der Waals surface area contributed by atoms with Crippen molar-refractivity contribution in [2.75, 3.05) is 13.1 Å². The number of nitrogens with zero attached hydrogens (tertiary/aromatic N) is 3. The molecule has 1 aromatic rings. The van der Waals surface area contributed by atoms with Gasteiger partial charge in [0.15, 0.2) is 0 Å². The molecule has 3 aliphatic rings. The van der Waals surface area contributed by atoms with Crippen LogP contribution in [0.15, 0.2) is 34.9 Å². The van der Waals surface area contributed by atoms with Gasteiger partial charge in [-0.2, -0.15) is 13.7 Å². The van der Waals surface area contributed by atoms with E-state index in [4.69, 9.17) is 10.4 Å². The summed E-state index contributed by atoms with van der Waals surface area (Å²) in [6.45, 7) is 4.59. The van der Waals surface area contributed by atoms with Crippen molar-refractivity contribution in [1.82, 2.24) is 14.5 Å². The van der Waals surface area contributed by atoms with Gasteiger partial charge in [0.1, 0.15) is 5.70 Å². The first-order chi connectivity index (χ1) is 16.9. The summed E-state index contributed by atoms with van der Waals surface area (Å²) in [6, 6.07) is 8.64. The number of carbonyl (C=O) groups excluding carboxylic acids is 1. The molecule has 0 spiro atoms. The number of thioether (sulfide) groups is 1. The van der Waals surface area contributed by atoms with Gasteiger partial charge in [0, 0.05) is 41.7 Å². The van der Waals surface area contributed by atoms with E-state index in [2.05, 4.69) is 15.7 Å². The quantitative estimate of drug-likeness (QED) is 0.321. The van der Waals surface area contributed by atoms with Crippen molar-refractivity contribution >= 4 is 33.8 Å². The fourth-order valence-corrected chi connectivity index (χ4v) is 7.44. The number of carbonyl (C=O) groups is 2. The summed E-state index contributed by atoms with van der Waals surface area (Å²) < 4.78 is 25.4. The van der Waals surface area contributed by atoms with Crippen LogP contribution in [0.3, 0.4) is 0 Å². The number of hydrogen-bond acceptors (Lipinski definition) is 8. The van der Waals surface area contributed by atoms with Crippen LogP contribution < -0.4 is 9.86 Å². The monoisotopic (exact) mass is 535 g/mol. The molecule has 0 aromatic heterocycles. The number of rotatable bonds is 9. The Kier molecular flexibility index (Phi) is 7.47. The predicted molar refractivity (Wildman–Crippen MR) is 132 cm³/mol. The van der Waals surface area contributed by atoms with E-state index in [1.807, 2.05) is 19.1 Å². The summed E-state index contributed by atoms with van der Waals surface area (Å²) in [5.74, 6) is -2.43. The van der Waals surface area contributed by atoms with Crippen LogP contribution in [0.4, 0.5) is 0 Å². The Morgan fingerprint density at radius 1 is 1.36 bits per heavy atom. The average Bonchev–Trinajstić information content (AvgIpc) is 3.28. The van der Waals surface area contributed by atoms with E-state index in [-0.39, 0.29) is 41.4 Å². The largest absolute Gasteiger partial charge is 0.477 e. The smallest absolute Gasteiger partial charge is 0.353 e. The van der Waals surface area contributed by atoms with Crippen molar-refractivity contribution in [3.63, 3.8) is 0 Å². The third-order valence-corrected chi connectivity index (χ3v) is 9.15. The third-order valence-electron chi connectivity index (χ3n) is 7.08. The molecule has 2 fully saturated rings. The number of fused-ring (bicyclic) bond motifs is 1. The molecule has 1 aromatic carbocycles. The Balaban J connectivity index is 1.54. The predicted octanol–water partition coefficient (Wildman–Crippen LogP) is 0.181. The number of nitriles is 1. The number of likely N-dealkylation sites (tertiary alicyclic amines) is 1. The zero-order valence-corrected chi connectivity index (χ0v) is 21.5. The SMILES string of the molecule is C[C@@H](O)[C@H]1C(=O)N2C(C(=O)O)=C(S[C@H]3C[C@@H](CNS(N)(=O)=O)N(Cc4ccc(C#N)cc4)C3)[C@H](C)[C@H]12. The minimum absolute atomic E-state index is 0.0239. The number of aliphatic hydroxyl groups is 1. The van der Waals surface area contributed by atoms with Crippen molar-refractivity contribution in [1.29, 1.82) is 5.26 Å². The second kappa shape index (κ2) is 10.1. The van der Waals surface area contributed by atoms with Gasteiger partial charge in [0.25, 0.3) is 10.2 Å². The van der Waals surface area contributed by atoms with Crippen LogP contribution in [0.1, 0.15) is 31.4 Å². The van der Waals surface area contributed by atoms with E-state index >= 15 is 0 Å². The van der Waals surface area contributed by atoms with Gasteiger partial charge in [-0.05, 0) is 31.0 Å². The van der Waals surface area contributed by atoms with Crippen molar-refractivity contribution in [3.8, 4) is 6.07 Å². The molecule has 0 unspecified atom stereocenters. The number of hydrogen-bond donors (Lipinski definition) is 4. The number of aliphatic hydroxyl groups excluding tert-OH is 1. The van der Waals surface area contributed by atoms with E-state index in [9.17, 15) is 28.2 Å². The lowest BCUT2D eigenvalue weighted by molar-refractivity contribution is -0.163. The Morgan fingerprint density at radius 3 is 2.58 bits per heavy atom. The highest BCUT2D eigenvalue weighted by molar-refractivity contribution is 8.03. The molecule has 36 heavy (non-hydrogen) atoms. The molecule has 13 heteroatoms. The molecule has 4 rings (SSSR count). The Morgan fingerprint density at radius 2 is 2.03 bits per heavy atom. The summed E-state index contributed by atoms with van der Waals surface area (Å²) in [5, 5.41) is 34.1. The molecule has 0 saturated carbocycles. The Hall–Kier alpha value is -2.47. The highest BCUT2D eigenvalue weighted by Gasteiger charge is 2.60. The molecular formula is C23H29N5O6S2. The first-order valence-electron chi connectivity index (χ1n) is 11.6. The standard InChI is InChI=1S/C23H29N5O6S2/c1-12-19-18(13(2)29)22(30)28(19)20(23(31)32)21(12)35-17-7-16(9-26-36(25,33)34)27(11-17)10-15-5-3-14(8-24)4-6-15/h3-6,12-13,16-19,26,29H,7,9-11H2,1-2H3,(H,31,32)(H2,25,33,34)/t12-,13-,16+,17+,18-,19-/m1/s1. The molecule has 0 radical (unpaired) electrons. The zero-order chi connectivity index (χ0) is 26.4. The number of amides is 1. The second-order valence-corrected chi connectivity index (χ2v) is 12.3. The maximum Gasteiger partial charge on any atom is 0.353 e. The minimum atomic E-state index is -3.89. The highest BCUT2D eigenvalue weighted by atomic mass is 32.2. The number of carboxylic acids is 1. The molecular weight excluding hydrogens is 506 g/mol. The number of aliphatic carboxylic acids is 1. The lowest BCUT2D eigenvalue weighted by Crippen LogP contribution is -2.63. The molecule has 3 aliphatic heterocycles. The zero-order valence-electron chi connectivity index (χ0n) is 19.9. The summed E-state index contributed by atoms with van der Waals surface area (Å²) in [4.78, 5) is 28.8. The second-order valence-electron chi connectivity index (χ2n) is 9.53. The van der Waals surface area contributed by atoms with Gasteiger partial charge in [-0.25, -0.2) is 14.7 Å². The molecule has 5 N–H and O–H groups in total. The van der Waals surface area contributed by atoms with Crippen LogP contribution in [-0.2, 0) is 26.3 Å². The van der Waals surface area contributed by atoms with Gasteiger partial charge < -0.3 is 15.1 Å². The van der Waals surface area contributed by atoms with E-state index in [0.29, 0.717) is 30.0 Å². The molecule has 1 amide bonds. The van der Waals surface area contributed by atoms with Crippen molar-refractivity contribution in [2.24, 2.45) is 17.0 Å². The summed E-state index contributed by atoms with van der Waals surface area (Å²) in [6.07, 6.45) is -0.297. The lowest BCUT2D eigenvalue weighted by atomic mass is 9.79. The molecule has 194 valence electrons. The van der Waals surface area contributed by atoms with Crippen LogP contribution in [0.5, 0.6) is 0 Å². The number of carboxylic acid groups (broad SMARTS) is 1. The fourth-order valence-electron chi connectivity index (χ4n) is 5.42. The van der Waals surface area contributed by atoms with E-state index in [1.165, 1.54) is 16.7 Å². The molecule has 0 bridgehead atoms. The number of β-lactam (4-membered cyclic amide) rings is 1. The fraction of sp³-hybridized carbons (Fsp3) is 0.522. The van der Waals surface area contributed by atoms with Crippen LogP contribution in [0, 0.1) is 23.2 Å². The van der Waals surface area contributed by atoms with Gasteiger partial charge in [-0.1, -0.05) is 19.1 Å². The summed E-state index contributed by atoms with van der Waals surface area (Å²) in [7, 11) is -3.89. The van der Waals surface area contributed by atoms with E-state index in [0.717, 1.165) is 5.56 Å². The molecule has 11 nitrogen and oxygen atoms in total. The Bertz CT molecular complexity index is 1230. The topological polar surface area (TPSA) is 177 Å². The average molecular weight is 536 g/mol. The normalized spacial score (nSPS) is 29.1. The number of nitrogens with one attached hydrogen (secondary N) is 1. The van der Waals surface area contributed by atoms with Crippen molar-refractivity contribution in [3.05, 3.63) is 46.0 Å². The molecule has 6 atom stereocenters. The van der Waals surface area contributed by atoms with Gasteiger partial charge in [0.2, 0.25) is 5.91 Å². The molecule has 3 heterocycles. The highest BCUT2D eigenvalue weighted by Crippen LogP contribution is 2.52. The maximum atomic E-state index is 12.6.